The van der Waals surface area contributed by atoms with Crippen molar-refractivity contribution in [2.75, 3.05) is 11.9 Å². The number of hydrogen-bond acceptors (Lipinski definition) is 2. The van der Waals surface area contributed by atoms with Crippen molar-refractivity contribution in [3.63, 3.8) is 0 Å². The Labute approximate surface area is 85.3 Å². The molecule has 78 valence electrons. The zero-order chi connectivity index (χ0) is 10.2. The summed E-state index contributed by atoms with van der Waals surface area (Å²) >= 11 is 0. The van der Waals surface area contributed by atoms with E-state index >= 15 is 0 Å². The minimum atomic E-state index is 0.432. The van der Waals surface area contributed by atoms with Crippen LogP contribution in [-0.4, -0.2) is 16.7 Å². The molecule has 1 aliphatic rings. The van der Waals surface area contributed by atoms with Crippen molar-refractivity contribution in [3.8, 4) is 0 Å². The standard InChI is InChI=1S/C11H19N3/c1-4-12-10-8-7-11(2,3)6-5-9(8)13-14-10/h4-7H2,1-3H3,(H2,12,13,14). The molecule has 3 nitrogen and oxygen atoms in total. The van der Waals surface area contributed by atoms with Crippen LogP contribution in [0.4, 0.5) is 5.82 Å². The Morgan fingerprint density at radius 1 is 1.50 bits per heavy atom. The Bertz CT molecular complexity index is 325. The van der Waals surface area contributed by atoms with Gasteiger partial charge in [0.1, 0.15) is 0 Å². The van der Waals surface area contributed by atoms with Gasteiger partial charge in [0.05, 0.1) is 0 Å². The zero-order valence-corrected chi connectivity index (χ0v) is 9.28. The van der Waals surface area contributed by atoms with Crippen LogP contribution in [-0.2, 0) is 12.8 Å². The van der Waals surface area contributed by atoms with Gasteiger partial charge in [-0.2, -0.15) is 5.10 Å². The predicted octanol–water partition coefficient (Wildman–Crippen LogP) is 2.36. The number of anilines is 1. The average molecular weight is 193 g/mol. The third-order valence-corrected chi connectivity index (χ3v) is 3.00. The molecule has 0 spiro atoms. The Kier molecular flexibility index (Phi) is 2.25. The zero-order valence-electron chi connectivity index (χ0n) is 9.28. The summed E-state index contributed by atoms with van der Waals surface area (Å²) in [6.45, 7) is 7.71. The van der Waals surface area contributed by atoms with Gasteiger partial charge < -0.3 is 5.32 Å². The van der Waals surface area contributed by atoms with Crippen molar-refractivity contribution in [2.24, 2.45) is 5.41 Å². The molecule has 2 N–H and O–H groups in total. The molecule has 1 aromatic rings. The van der Waals surface area contributed by atoms with E-state index in [2.05, 4.69) is 36.3 Å². The molecule has 0 saturated carbocycles. The van der Waals surface area contributed by atoms with Crippen molar-refractivity contribution < 1.29 is 0 Å². The molecular weight excluding hydrogens is 174 g/mol. The molecule has 0 bridgehead atoms. The minimum Gasteiger partial charge on any atom is -0.369 e. The van der Waals surface area contributed by atoms with E-state index < -0.39 is 0 Å². The van der Waals surface area contributed by atoms with Crippen molar-refractivity contribution in [1.29, 1.82) is 0 Å². The molecule has 0 atom stereocenters. The molecule has 0 aromatic carbocycles. The van der Waals surface area contributed by atoms with Gasteiger partial charge >= 0.3 is 0 Å². The third-order valence-electron chi connectivity index (χ3n) is 3.00. The summed E-state index contributed by atoms with van der Waals surface area (Å²) < 4.78 is 0. The van der Waals surface area contributed by atoms with Crippen molar-refractivity contribution in [1.82, 2.24) is 10.2 Å². The van der Waals surface area contributed by atoms with E-state index in [4.69, 9.17) is 0 Å². The molecule has 0 amide bonds. The number of rotatable bonds is 2. The fourth-order valence-electron chi connectivity index (χ4n) is 2.14. The van der Waals surface area contributed by atoms with Gasteiger partial charge in [-0.1, -0.05) is 13.8 Å². The molecule has 0 aliphatic heterocycles. The molecule has 0 saturated heterocycles. The first kappa shape index (κ1) is 9.56. The summed E-state index contributed by atoms with van der Waals surface area (Å²) in [4.78, 5) is 0. The van der Waals surface area contributed by atoms with E-state index in [0.717, 1.165) is 25.2 Å². The number of aromatic nitrogens is 2. The second-order valence-corrected chi connectivity index (χ2v) is 4.90. The number of fused-ring (bicyclic) bond motifs is 1. The fourth-order valence-corrected chi connectivity index (χ4v) is 2.14. The van der Waals surface area contributed by atoms with Crippen molar-refractivity contribution in [2.45, 2.75) is 40.0 Å². The van der Waals surface area contributed by atoms with Crippen LogP contribution < -0.4 is 5.32 Å². The fraction of sp³-hybridized carbons (Fsp3) is 0.727. The quantitative estimate of drug-likeness (QED) is 0.757. The monoisotopic (exact) mass is 193 g/mol. The van der Waals surface area contributed by atoms with Gasteiger partial charge in [-0.25, -0.2) is 0 Å². The van der Waals surface area contributed by atoms with E-state index in [-0.39, 0.29) is 0 Å². The largest absolute Gasteiger partial charge is 0.369 e. The second-order valence-electron chi connectivity index (χ2n) is 4.90. The van der Waals surface area contributed by atoms with Gasteiger partial charge in [-0.05, 0) is 31.6 Å². The topological polar surface area (TPSA) is 40.7 Å². The lowest BCUT2D eigenvalue weighted by Gasteiger charge is -2.29. The van der Waals surface area contributed by atoms with Crippen LogP contribution in [0.5, 0.6) is 0 Å². The van der Waals surface area contributed by atoms with Crippen LogP contribution in [0.25, 0.3) is 0 Å². The molecule has 0 fully saturated rings. The van der Waals surface area contributed by atoms with Gasteiger partial charge in [0.15, 0.2) is 5.82 Å². The third kappa shape index (κ3) is 1.63. The summed E-state index contributed by atoms with van der Waals surface area (Å²) in [6.07, 6.45) is 3.54. The Morgan fingerprint density at radius 2 is 2.29 bits per heavy atom. The second kappa shape index (κ2) is 3.30. The molecular formula is C11H19N3. The van der Waals surface area contributed by atoms with Crippen molar-refractivity contribution in [3.05, 3.63) is 11.3 Å². The number of aryl methyl sites for hydroxylation is 1. The first-order valence-electron chi connectivity index (χ1n) is 5.42. The first-order chi connectivity index (χ1) is 6.62. The summed E-state index contributed by atoms with van der Waals surface area (Å²) in [6, 6.07) is 0. The lowest BCUT2D eigenvalue weighted by atomic mass is 9.76. The van der Waals surface area contributed by atoms with Crippen LogP contribution in [0.15, 0.2) is 0 Å². The van der Waals surface area contributed by atoms with Gasteiger partial charge in [-0.15, -0.1) is 0 Å². The van der Waals surface area contributed by atoms with E-state index in [1.54, 1.807) is 0 Å². The van der Waals surface area contributed by atoms with Crippen LogP contribution in [0.3, 0.4) is 0 Å². The summed E-state index contributed by atoms with van der Waals surface area (Å²) in [5.74, 6) is 1.07. The van der Waals surface area contributed by atoms with E-state index in [9.17, 15) is 0 Å². The maximum Gasteiger partial charge on any atom is 0.151 e. The number of nitrogens with zero attached hydrogens (tertiary/aromatic N) is 1. The minimum absolute atomic E-state index is 0.432. The maximum atomic E-state index is 4.32. The SMILES string of the molecule is CCNc1n[nH]c2c1CC(C)(C)CC2. The predicted molar refractivity (Wildman–Crippen MR) is 58.6 cm³/mol. The highest BCUT2D eigenvalue weighted by molar-refractivity contribution is 5.48. The highest BCUT2D eigenvalue weighted by Gasteiger charge is 2.28. The van der Waals surface area contributed by atoms with Crippen LogP contribution in [0.1, 0.15) is 38.4 Å². The molecule has 2 rings (SSSR count). The Morgan fingerprint density at radius 3 is 3.00 bits per heavy atom. The summed E-state index contributed by atoms with van der Waals surface area (Å²) in [5, 5.41) is 10.8. The first-order valence-corrected chi connectivity index (χ1v) is 5.42. The summed E-state index contributed by atoms with van der Waals surface area (Å²) in [5.41, 5.74) is 3.17. The van der Waals surface area contributed by atoms with Gasteiger partial charge in [-0.3, -0.25) is 5.10 Å². The van der Waals surface area contributed by atoms with Crippen LogP contribution >= 0.6 is 0 Å². The highest BCUT2D eigenvalue weighted by Crippen LogP contribution is 2.36. The molecule has 14 heavy (non-hydrogen) atoms. The van der Waals surface area contributed by atoms with Gasteiger partial charge in [0, 0.05) is 17.8 Å². The van der Waals surface area contributed by atoms with E-state index in [1.807, 2.05) is 0 Å². The van der Waals surface area contributed by atoms with E-state index in [0.29, 0.717) is 5.41 Å². The van der Waals surface area contributed by atoms with Gasteiger partial charge in [0.2, 0.25) is 0 Å². The maximum absolute atomic E-state index is 4.32. The highest BCUT2D eigenvalue weighted by atomic mass is 15.2. The Balaban J connectivity index is 2.28. The molecule has 1 aliphatic carbocycles. The smallest absolute Gasteiger partial charge is 0.151 e. The average Bonchev–Trinajstić information content (AvgIpc) is 2.47. The molecule has 0 radical (unpaired) electrons. The molecule has 1 aromatic heterocycles. The molecule has 3 heteroatoms. The number of aromatic amines is 1. The number of H-pyrrole nitrogens is 1. The lowest BCUT2D eigenvalue weighted by molar-refractivity contribution is 0.314. The van der Waals surface area contributed by atoms with Gasteiger partial charge in [0.25, 0.3) is 0 Å². The number of hydrogen-bond donors (Lipinski definition) is 2. The van der Waals surface area contributed by atoms with Crippen LogP contribution in [0, 0.1) is 5.41 Å². The lowest BCUT2D eigenvalue weighted by Crippen LogP contribution is -2.22. The molecule has 1 heterocycles. The van der Waals surface area contributed by atoms with E-state index in [1.165, 1.54) is 17.7 Å². The molecule has 0 unspecified atom stereocenters. The normalized spacial score (nSPS) is 19.1. The number of nitrogens with one attached hydrogen (secondary N) is 2. The summed E-state index contributed by atoms with van der Waals surface area (Å²) in [7, 11) is 0. The Hall–Kier alpha value is -0.990. The van der Waals surface area contributed by atoms with Crippen molar-refractivity contribution >= 4 is 5.82 Å². The van der Waals surface area contributed by atoms with Crippen LogP contribution in [0.2, 0.25) is 0 Å².